The number of amides is 1. The van der Waals surface area contributed by atoms with E-state index in [1.54, 1.807) is 12.1 Å². The molecular weight excluding hydrogens is 238 g/mol. The van der Waals surface area contributed by atoms with Crippen LogP contribution in [0.15, 0.2) is 48.5 Å². The monoisotopic (exact) mass is 253 g/mol. The SMILES string of the molecule is CC1c2ccccc2C(=O)N1Cc1ccc(O)cc1. The first kappa shape index (κ1) is 11.8. The van der Waals surface area contributed by atoms with E-state index in [9.17, 15) is 9.90 Å². The van der Waals surface area contributed by atoms with Gasteiger partial charge in [-0.25, -0.2) is 0 Å². The third kappa shape index (κ3) is 1.97. The molecule has 3 nitrogen and oxygen atoms in total. The summed E-state index contributed by atoms with van der Waals surface area (Å²) < 4.78 is 0. The summed E-state index contributed by atoms with van der Waals surface area (Å²) in [6.45, 7) is 2.61. The number of hydrogen-bond acceptors (Lipinski definition) is 2. The smallest absolute Gasteiger partial charge is 0.255 e. The highest BCUT2D eigenvalue weighted by Gasteiger charge is 2.33. The summed E-state index contributed by atoms with van der Waals surface area (Å²) in [6.07, 6.45) is 0. The van der Waals surface area contributed by atoms with Gasteiger partial charge in [0.05, 0.1) is 6.04 Å². The molecule has 1 heterocycles. The molecule has 1 atom stereocenters. The number of phenolic OH excluding ortho intramolecular Hbond substituents is 1. The molecule has 2 aromatic rings. The van der Waals surface area contributed by atoms with Gasteiger partial charge in [-0.1, -0.05) is 30.3 Å². The van der Waals surface area contributed by atoms with Crippen molar-refractivity contribution in [3.05, 3.63) is 65.2 Å². The third-order valence-electron chi connectivity index (χ3n) is 3.66. The van der Waals surface area contributed by atoms with E-state index >= 15 is 0 Å². The molecule has 1 N–H and O–H groups in total. The number of aromatic hydroxyl groups is 1. The maximum atomic E-state index is 12.4. The van der Waals surface area contributed by atoms with Crippen molar-refractivity contribution in [2.75, 3.05) is 0 Å². The van der Waals surface area contributed by atoms with Crippen molar-refractivity contribution in [2.45, 2.75) is 19.5 Å². The Kier molecular flexibility index (Phi) is 2.75. The van der Waals surface area contributed by atoms with Crippen molar-refractivity contribution in [3.8, 4) is 5.75 Å². The van der Waals surface area contributed by atoms with Crippen LogP contribution in [0.1, 0.15) is 34.5 Å². The Labute approximate surface area is 112 Å². The quantitative estimate of drug-likeness (QED) is 0.893. The van der Waals surface area contributed by atoms with Gasteiger partial charge in [0.2, 0.25) is 0 Å². The van der Waals surface area contributed by atoms with E-state index in [1.807, 2.05) is 48.2 Å². The zero-order chi connectivity index (χ0) is 13.4. The second kappa shape index (κ2) is 4.43. The topological polar surface area (TPSA) is 40.5 Å². The lowest BCUT2D eigenvalue weighted by Gasteiger charge is -2.22. The van der Waals surface area contributed by atoms with Crippen molar-refractivity contribution < 1.29 is 9.90 Å². The Bertz CT molecular complexity index is 619. The summed E-state index contributed by atoms with van der Waals surface area (Å²) in [5.41, 5.74) is 2.91. The van der Waals surface area contributed by atoms with Crippen LogP contribution in [0.4, 0.5) is 0 Å². The van der Waals surface area contributed by atoms with Gasteiger partial charge in [-0.3, -0.25) is 4.79 Å². The molecular formula is C16H15NO2. The van der Waals surface area contributed by atoms with Crippen LogP contribution in [-0.2, 0) is 6.54 Å². The molecule has 19 heavy (non-hydrogen) atoms. The fourth-order valence-corrected chi connectivity index (χ4v) is 2.56. The molecule has 2 aromatic carbocycles. The minimum absolute atomic E-state index is 0.0798. The highest BCUT2D eigenvalue weighted by molar-refractivity contribution is 5.99. The molecule has 0 fully saturated rings. The Morgan fingerprint density at radius 2 is 1.79 bits per heavy atom. The normalized spacial score (nSPS) is 17.6. The second-order valence-electron chi connectivity index (χ2n) is 4.86. The summed E-state index contributed by atoms with van der Waals surface area (Å²) in [6, 6.07) is 14.8. The molecule has 0 aliphatic carbocycles. The Hall–Kier alpha value is -2.29. The van der Waals surface area contributed by atoms with Crippen LogP contribution >= 0.6 is 0 Å². The van der Waals surface area contributed by atoms with Gasteiger partial charge in [-0.05, 0) is 36.2 Å². The molecule has 0 bridgehead atoms. The summed E-state index contributed by atoms with van der Waals surface area (Å²) in [7, 11) is 0. The van der Waals surface area contributed by atoms with Crippen molar-refractivity contribution >= 4 is 5.91 Å². The summed E-state index contributed by atoms with van der Waals surface area (Å²) >= 11 is 0. The molecule has 1 aliphatic heterocycles. The second-order valence-corrected chi connectivity index (χ2v) is 4.86. The standard InChI is InChI=1S/C16H15NO2/c1-11-14-4-2-3-5-15(14)16(19)17(11)10-12-6-8-13(18)9-7-12/h2-9,11,18H,10H2,1H3. The predicted octanol–water partition coefficient (Wildman–Crippen LogP) is 3.11. The van der Waals surface area contributed by atoms with E-state index in [4.69, 9.17) is 0 Å². The molecule has 1 aliphatic rings. The van der Waals surface area contributed by atoms with E-state index in [1.165, 1.54) is 0 Å². The van der Waals surface area contributed by atoms with Gasteiger partial charge in [-0.2, -0.15) is 0 Å². The van der Waals surface area contributed by atoms with Crippen LogP contribution < -0.4 is 0 Å². The van der Waals surface area contributed by atoms with Crippen molar-refractivity contribution in [1.82, 2.24) is 4.90 Å². The number of phenols is 1. The molecule has 96 valence electrons. The molecule has 1 unspecified atom stereocenters. The number of carbonyl (C=O) groups is 1. The number of rotatable bonds is 2. The first-order valence-electron chi connectivity index (χ1n) is 6.34. The largest absolute Gasteiger partial charge is 0.508 e. The van der Waals surface area contributed by atoms with Crippen molar-refractivity contribution in [3.63, 3.8) is 0 Å². The van der Waals surface area contributed by atoms with Crippen LogP contribution in [0.2, 0.25) is 0 Å². The number of nitrogens with zero attached hydrogens (tertiary/aromatic N) is 1. The van der Waals surface area contributed by atoms with Gasteiger partial charge in [0.15, 0.2) is 0 Å². The van der Waals surface area contributed by atoms with Gasteiger partial charge in [0.1, 0.15) is 5.75 Å². The molecule has 0 aromatic heterocycles. The van der Waals surface area contributed by atoms with E-state index in [-0.39, 0.29) is 17.7 Å². The van der Waals surface area contributed by atoms with Crippen molar-refractivity contribution in [2.24, 2.45) is 0 Å². The molecule has 3 heteroatoms. The first-order chi connectivity index (χ1) is 9.16. The first-order valence-corrected chi connectivity index (χ1v) is 6.34. The van der Waals surface area contributed by atoms with E-state index < -0.39 is 0 Å². The molecule has 0 saturated carbocycles. The van der Waals surface area contributed by atoms with Crippen LogP contribution in [0, 0.1) is 0 Å². The molecule has 3 rings (SSSR count). The lowest BCUT2D eigenvalue weighted by Crippen LogP contribution is -2.26. The minimum Gasteiger partial charge on any atom is -0.508 e. The van der Waals surface area contributed by atoms with Crippen LogP contribution in [0.5, 0.6) is 5.75 Å². The minimum atomic E-state index is 0.0798. The Balaban J connectivity index is 1.88. The van der Waals surface area contributed by atoms with E-state index in [0.717, 1.165) is 16.7 Å². The summed E-state index contributed by atoms with van der Waals surface area (Å²) in [5, 5.41) is 9.28. The maximum absolute atomic E-state index is 12.4. The van der Waals surface area contributed by atoms with Crippen molar-refractivity contribution in [1.29, 1.82) is 0 Å². The third-order valence-corrected chi connectivity index (χ3v) is 3.66. The fourth-order valence-electron chi connectivity index (χ4n) is 2.56. The van der Waals surface area contributed by atoms with Gasteiger partial charge < -0.3 is 10.0 Å². The predicted molar refractivity (Wildman–Crippen MR) is 72.8 cm³/mol. The highest BCUT2D eigenvalue weighted by atomic mass is 16.3. The van der Waals surface area contributed by atoms with Crippen LogP contribution in [-0.4, -0.2) is 15.9 Å². The average molecular weight is 253 g/mol. The number of benzene rings is 2. The highest BCUT2D eigenvalue weighted by Crippen LogP contribution is 2.34. The lowest BCUT2D eigenvalue weighted by atomic mass is 10.1. The van der Waals surface area contributed by atoms with Crippen LogP contribution in [0.3, 0.4) is 0 Å². The lowest BCUT2D eigenvalue weighted by molar-refractivity contribution is 0.0723. The van der Waals surface area contributed by atoms with Crippen LogP contribution in [0.25, 0.3) is 0 Å². The zero-order valence-electron chi connectivity index (χ0n) is 10.7. The fraction of sp³-hybridized carbons (Fsp3) is 0.188. The summed E-state index contributed by atoms with van der Waals surface area (Å²) in [4.78, 5) is 14.2. The summed E-state index contributed by atoms with van der Waals surface area (Å²) in [5.74, 6) is 0.323. The van der Waals surface area contributed by atoms with E-state index in [2.05, 4.69) is 0 Å². The van der Waals surface area contributed by atoms with Gasteiger partial charge in [0, 0.05) is 12.1 Å². The zero-order valence-corrected chi connectivity index (χ0v) is 10.7. The Morgan fingerprint density at radius 1 is 1.11 bits per heavy atom. The molecule has 0 saturated heterocycles. The number of hydrogen-bond donors (Lipinski definition) is 1. The maximum Gasteiger partial charge on any atom is 0.255 e. The van der Waals surface area contributed by atoms with Gasteiger partial charge >= 0.3 is 0 Å². The van der Waals surface area contributed by atoms with Gasteiger partial charge in [0.25, 0.3) is 5.91 Å². The molecule has 0 radical (unpaired) electrons. The molecule has 0 spiro atoms. The number of fused-ring (bicyclic) bond motifs is 1. The Morgan fingerprint density at radius 3 is 2.47 bits per heavy atom. The number of carbonyl (C=O) groups excluding carboxylic acids is 1. The molecule has 1 amide bonds. The van der Waals surface area contributed by atoms with Gasteiger partial charge in [-0.15, -0.1) is 0 Å². The average Bonchev–Trinajstić information content (AvgIpc) is 2.67. The van der Waals surface area contributed by atoms with E-state index in [0.29, 0.717) is 6.54 Å².